The third-order valence-electron chi connectivity index (χ3n) is 4.57. The Morgan fingerprint density at radius 3 is 2.39 bits per heavy atom. The number of halogens is 3. The summed E-state index contributed by atoms with van der Waals surface area (Å²) >= 11 is 0. The molecular formula is C21H19F3N2O2. The molecule has 0 aliphatic carbocycles. The highest BCUT2D eigenvalue weighted by Crippen LogP contribution is 2.45. The van der Waals surface area contributed by atoms with Crippen LogP contribution in [0.1, 0.15) is 32.4 Å². The van der Waals surface area contributed by atoms with E-state index in [-0.39, 0.29) is 11.7 Å². The number of fused-ring (bicyclic) bond motifs is 1. The van der Waals surface area contributed by atoms with E-state index in [1.54, 1.807) is 39.1 Å². The number of para-hydroxylation sites is 1. The molecule has 0 N–H and O–H groups in total. The summed E-state index contributed by atoms with van der Waals surface area (Å²) in [5.74, 6) is -2.86. The molecule has 0 bridgehead atoms. The molecule has 0 spiro atoms. The Balaban J connectivity index is 1.73. The second-order valence-electron chi connectivity index (χ2n) is 7.84. The van der Waals surface area contributed by atoms with E-state index in [1.165, 1.54) is 9.47 Å². The van der Waals surface area contributed by atoms with Crippen molar-refractivity contribution in [2.75, 3.05) is 11.4 Å². The van der Waals surface area contributed by atoms with Crippen molar-refractivity contribution in [2.24, 2.45) is 0 Å². The lowest BCUT2D eigenvalue weighted by Crippen LogP contribution is -2.26. The smallest absolute Gasteiger partial charge is 0.419 e. The topological polar surface area (TPSA) is 34.2 Å². The molecule has 28 heavy (non-hydrogen) atoms. The van der Waals surface area contributed by atoms with Crippen molar-refractivity contribution in [1.82, 2.24) is 4.57 Å². The highest BCUT2D eigenvalue weighted by molar-refractivity contribution is 5.93. The van der Waals surface area contributed by atoms with Gasteiger partial charge in [0.1, 0.15) is 17.1 Å². The second-order valence-corrected chi connectivity index (χ2v) is 7.84. The van der Waals surface area contributed by atoms with Crippen molar-refractivity contribution in [3.8, 4) is 0 Å². The molecule has 2 aromatic carbocycles. The van der Waals surface area contributed by atoms with Crippen molar-refractivity contribution in [3.63, 3.8) is 0 Å². The minimum atomic E-state index is -0.960. The zero-order valence-corrected chi connectivity index (χ0v) is 15.7. The maximum Gasteiger partial charge on any atom is 0.419 e. The summed E-state index contributed by atoms with van der Waals surface area (Å²) in [4.78, 5) is 14.1. The second kappa shape index (κ2) is 6.29. The van der Waals surface area contributed by atoms with E-state index in [1.807, 2.05) is 12.1 Å². The fourth-order valence-electron chi connectivity index (χ4n) is 3.40. The number of nitrogens with zero attached hydrogens (tertiary/aromatic N) is 2. The van der Waals surface area contributed by atoms with E-state index < -0.39 is 29.1 Å². The molecule has 2 heterocycles. The number of aromatic nitrogens is 1. The van der Waals surface area contributed by atoms with Crippen LogP contribution in [-0.4, -0.2) is 22.8 Å². The first kappa shape index (κ1) is 18.4. The van der Waals surface area contributed by atoms with Crippen molar-refractivity contribution in [3.05, 3.63) is 65.6 Å². The van der Waals surface area contributed by atoms with Crippen LogP contribution in [0.5, 0.6) is 0 Å². The van der Waals surface area contributed by atoms with Crippen LogP contribution in [0.4, 0.5) is 23.7 Å². The van der Waals surface area contributed by atoms with E-state index >= 15 is 0 Å². The van der Waals surface area contributed by atoms with Gasteiger partial charge in [-0.15, -0.1) is 0 Å². The maximum absolute atomic E-state index is 14.1. The van der Waals surface area contributed by atoms with Gasteiger partial charge in [-0.25, -0.2) is 18.0 Å². The quantitative estimate of drug-likeness (QED) is 0.551. The molecule has 4 rings (SSSR count). The molecule has 4 nitrogen and oxygen atoms in total. The molecule has 7 heteroatoms. The summed E-state index contributed by atoms with van der Waals surface area (Å²) in [6, 6.07) is 8.28. The van der Waals surface area contributed by atoms with E-state index in [0.29, 0.717) is 24.2 Å². The Labute approximate surface area is 160 Å². The normalized spacial score (nSPS) is 16.5. The maximum atomic E-state index is 14.1. The summed E-state index contributed by atoms with van der Waals surface area (Å²) in [5.41, 5.74) is 0.484. The third-order valence-corrected chi connectivity index (χ3v) is 4.57. The Hall–Kier alpha value is -2.96. The fourth-order valence-corrected chi connectivity index (χ4v) is 3.40. The Bertz CT molecular complexity index is 1060. The van der Waals surface area contributed by atoms with Crippen molar-refractivity contribution < 1.29 is 22.7 Å². The molecule has 3 aromatic rings. The zero-order valence-electron chi connectivity index (χ0n) is 15.7. The minimum absolute atomic E-state index is 0.263. The molecular weight excluding hydrogens is 369 g/mol. The van der Waals surface area contributed by atoms with Crippen LogP contribution in [0.15, 0.2) is 42.6 Å². The monoisotopic (exact) mass is 388 g/mol. The van der Waals surface area contributed by atoms with Gasteiger partial charge in [-0.3, -0.25) is 4.57 Å². The van der Waals surface area contributed by atoms with Crippen LogP contribution < -0.4 is 4.90 Å². The third kappa shape index (κ3) is 3.21. The zero-order chi connectivity index (χ0) is 20.2. The van der Waals surface area contributed by atoms with Crippen LogP contribution in [0.2, 0.25) is 0 Å². The molecule has 0 amide bonds. The predicted octanol–water partition coefficient (Wildman–Crippen LogP) is 5.40. The SMILES string of the molecule is CC(C)(C)OC(=O)n1cc([C@H]2CN2c2c(F)cc(F)cc2F)c2ccccc21. The van der Waals surface area contributed by atoms with Gasteiger partial charge in [-0.1, -0.05) is 18.2 Å². The number of hydrogen-bond acceptors (Lipinski definition) is 3. The van der Waals surface area contributed by atoms with E-state index in [9.17, 15) is 18.0 Å². The van der Waals surface area contributed by atoms with Crippen molar-refractivity contribution in [1.29, 1.82) is 0 Å². The molecule has 1 fully saturated rings. The first-order valence-corrected chi connectivity index (χ1v) is 8.90. The lowest BCUT2D eigenvalue weighted by atomic mass is 10.1. The highest BCUT2D eigenvalue weighted by atomic mass is 19.1. The minimum Gasteiger partial charge on any atom is -0.443 e. The average Bonchev–Trinajstić information content (AvgIpc) is 3.24. The summed E-state index contributed by atoms with van der Waals surface area (Å²) in [6.07, 6.45) is 1.12. The summed E-state index contributed by atoms with van der Waals surface area (Å²) in [5, 5.41) is 0.795. The van der Waals surface area contributed by atoms with Crippen LogP contribution in [0.25, 0.3) is 10.9 Å². The number of anilines is 1. The lowest BCUT2D eigenvalue weighted by molar-refractivity contribution is 0.0544. The average molecular weight is 388 g/mol. The van der Waals surface area contributed by atoms with Crippen molar-refractivity contribution >= 4 is 22.7 Å². The van der Waals surface area contributed by atoms with Crippen LogP contribution >= 0.6 is 0 Å². The Kier molecular flexibility index (Phi) is 4.14. The van der Waals surface area contributed by atoms with Crippen LogP contribution in [0, 0.1) is 17.5 Å². The van der Waals surface area contributed by atoms with Crippen LogP contribution in [-0.2, 0) is 4.74 Å². The molecule has 1 aliphatic heterocycles. The van der Waals surface area contributed by atoms with Gasteiger partial charge in [0.05, 0.1) is 11.6 Å². The number of carbonyl (C=O) groups excluding carboxylic acids is 1. The van der Waals surface area contributed by atoms with E-state index in [0.717, 1.165) is 10.9 Å². The summed E-state index contributed by atoms with van der Waals surface area (Å²) < 4.78 is 48.3. The predicted molar refractivity (Wildman–Crippen MR) is 100.0 cm³/mol. The van der Waals surface area contributed by atoms with Gasteiger partial charge in [0.15, 0.2) is 11.6 Å². The Morgan fingerprint density at radius 2 is 1.75 bits per heavy atom. The van der Waals surface area contributed by atoms with E-state index in [2.05, 4.69) is 0 Å². The molecule has 146 valence electrons. The van der Waals surface area contributed by atoms with Crippen molar-refractivity contribution in [2.45, 2.75) is 32.4 Å². The van der Waals surface area contributed by atoms with Gasteiger partial charge in [-0.05, 0) is 26.8 Å². The lowest BCUT2D eigenvalue weighted by Gasteiger charge is -2.19. The molecule has 1 aliphatic rings. The summed E-state index contributed by atoms with van der Waals surface area (Å²) in [7, 11) is 0. The van der Waals surface area contributed by atoms with Gasteiger partial charge in [0.25, 0.3) is 0 Å². The Morgan fingerprint density at radius 1 is 1.11 bits per heavy atom. The summed E-state index contributed by atoms with van der Waals surface area (Å²) in [6.45, 7) is 5.70. The number of rotatable bonds is 2. The molecule has 1 atom stereocenters. The molecule has 0 unspecified atom stereocenters. The van der Waals surface area contributed by atoms with Gasteiger partial charge < -0.3 is 9.64 Å². The van der Waals surface area contributed by atoms with Crippen LogP contribution in [0.3, 0.4) is 0 Å². The number of ether oxygens (including phenoxy) is 1. The molecule has 1 aromatic heterocycles. The fraction of sp³-hybridized carbons (Fsp3) is 0.286. The standard InChI is InChI=1S/C21H19F3N2O2/c1-21(2,3)28-20(27)26-10-14(13-6-4-5-7-17(13)26)18-11-25(18)19-15(23)8-12(22)9-16(19)24/h4-10,18H,11H2,1-3H3/t18-,25?/m1/s1. The van der Waals surface area contributed by atoms with Gasteiger partial charge in [0, 0.05) is 35.8 Å². The molecule has 0 saturated carbocycles. The first-order valence-electron chi connectivity index (χ1n) is 8.90. The molecule has 0 radical (unpaired) electrons. The van der Waals surface area contributed by atoms with E-state index in [4.69, 9.17) is 4.74 Å². The number of benzene rings is 2. The van der Waals surface area contributed by atoms with Gasteiger partial charge >= 0.3 is 6.09 Å². The molecule has 1 saturated heterocycles. The number of carbonyl (C=O) groups is 1. The number of hydrogen-bond donors (Lipinski definition) is 0. The van der Waals surface area contributed by atoms with Gasteiger partial charge in [-0.2, -0.15) is 0 Å². The first-order chi connectivity index (χ1) is 13.2. The largest absolute Gasteiger partial charge is 0.443 e. The van der Waals surface area contributed by atoms with Gasteiger partial charge in [0.2, 0.25) is 0 Å². The highest BCUT2D eigenvalue weighted by Gasteiger charge is 2.41.